The van der Waals surface area contributed by atoms with Crippen LogP contribution in [0, 0.1) is 0 Å². The summed E-state index contributed by atoms with van der Waals surface area (Å²) in [6.45, 7) is 1.77. The standard InChI is InChI=1S/C19H18O6/c1-10(20)24-19-15(22-3)7-6-13-17-14(9-23-18(13)19)12-5-4-11(21-2)8-16(12)25-17/h4-8,14,17H,9H2,1-3H3/t14-,17-/m0/s1. The summed E-state index contributed by atoms with van der Waals surface area (Å²) in [7, 11) is 3.15. The maximum Gasteiger partial charge on any atom is 0.308 e. The predicted octanol–water partition coefficient (Wildman–Crippen LogP) is 3.24. The van der Waals surface area contributed by atoms with Crippen molar-refractivity contribution in [2.24, 2.45) is 0 Å². The third-order valence-corrected chi connectivity index (χ3v) is 4.53. The number of ether oxygens (including phenoxy) is 5. The van der Waals surface area contributed by atoms with Crippen LogP contribution in [0.3, 0.4) is 0 Å². The van der Waals surface area contributed by atoms with E-state index in [1.165, 1.54) is 14.0 Å². The van der Waals surface area contributed by atoms with Gasteiger partial charge in [-0.1, -0.05) is 6.07 Å². The van der Waals surface area contributed by atoms with Crippen molar-refractivity contribution in [3.8, 4) is 28.7 Å². The lowest BCUT2D eigenvalue weighted by atomic mass is 9.89. The van der Waals surface area contributed by atoms with E-state index in [4.69, 9.17) is 23.7 Å². The average molecular weight is 342 g/mol. The zero-order valence-corrected chi connectivity index (χ0v) is 14.2. The summed E-state index contributed by atoms with van der Waals surface area (Å²) in [4.78, 5) is 11.5. The Labute approximate surface area is 145 Å². The Morgan fingerprint density at radius 2 is 1.92 bits per heavy atom. The number of methoxy groups -OCH3 is 2. The van der Waals surface area contributed by atoms with Crippen molar-refractivity contribution in [3.63, 3.8) is 0 Å². The van der Waals surface area contributed by atoms with E-state index in [0.717, 1.165) is 22.6 Å². The number of benzene rings is 2. The average Bonchev–Trinajstić information content (AvgIpc) is 2.99. The summed E-state index contributed by atoms with van der Waals surface area (Å²) in [5.41, 5.74) is 1.92. The number of carbonyl (C=O) groups excluding carboxylic acids is 1. The van der Waals surface area contributed by atoms with Crippen molar-refractivity contribution in [3.05, 3.63) is 41.5 Å². The molecule has 2 heterocycles. The fourth-order valence-corrected chi connectivity index (χ4v) is 3.40. The highest BCUT2D eigenvalue weighted by molar-refractivity contribution is 5.73. The van der Waals surface area contributed by atoms with Crippen LogP contribution in [0.15, 0.2) is 30.3 Å². The minimum Gasteiger partial charge on any atom is -0.497 e. The normalized spacial score (nSPS) is 19.6. The number of fused-ring (bicyclic) bond motifs is 5. The van der Waals surface area contributed by atoms with E-state index in [1.54, 1.807) is 13.2 Å². The van der Waals surface area contributed by atoms with Gasteiger partial charge in [0.05, 0.1) is 26.7 Å². The molecule has 4 rings (SSSR count). The highest BCUT2D eigenvalue weighted by Gasteiger charge is 2.42. The summed E-state index contributed by atoms with van der Waals surface area (Å²) in [5, 5.41) is 0. The van der Waals surface area contributed by atoms with E-state index < -0.39 is 5.97 Å². The summed E-state index contributed by atoms with van der Waals surface area (Å²) < 4.78 is 28.0. The van der Waals surface area contributed by atoms with Crippen molar-refractivity contribution in [2.45, 2.75) is 18.9 Å². The lowest BCUT2D eigenvalue weighted by Crippen LogP contribution is -2.24. The number of hydrogen-bond acceptors (Lipinski definition) is 6. The molecule has 0 saturated carbocycles. The first kappa shape index (κ1) is 15.6. The van der Waals surface area contributed by atoms with Crippen molar-refractivity contribution in [1.82, 2.24) is 0 Å². The SMILES string of the molecule is COc1ccc2c(c1)O[C@H]1c3ccc(OC)c(OC(C)=O)c3OC[C@@H]21. The van der Waals surface area contributed by atoms with Crippen LogP contribution >= 0.6 is 0 Å². The van der Waals surface area contributed by atoms with Crippen LogP contribution in [0.2, 0.25) is 0 Å². The lowest BCUT2D eigenvalue weighted by molar-refractivity contribution is -0.132. The van der Waals surface area contributed by atoms with Gasteiger partial charge in [-0.3, -0.25) is 4.79 Å². The smallest absolute Gasteiger partial charge is 0.308 e. The number of esters is 1. The van der Waals surface area contributed by atoms with E-state index in [0.29, 0.717) is 23.9 Å². The van der Waals surface area contributed by atoms with E-state index in [9.17, 15) is 4.79 Å². The van der Waals surface area contributed by atoms with Crippen molar-refractivity contribution >= 4 is 5.97 Å². The van der Waals surface area contributed by atoms with Crippen LogP contribution < -0.4 is 23.7 Å². The first-order valence-corrected chi connectivity index (χ1v) is 7.99. The van der Waals surface area contributed by atoms with Crippen molar-refractivity contribution in [1.29, 1.82) is 0 Å². The highest BCUT2D eigenvalue weighted by atomic mass is 16.6. The number of rotatable bonds is 3. The van der Waals surface area contributed by atoms with Crippen LogP contribution in [-0.2, 0) is 4.79 Å². The molecule has 0 unspecified atom stereocenters. The summed E-state index contributed by atoms with van der Waals surface area (Å²) in [6, 6.07) is 9.45. The molecule has 2 aromatic carbocycles. The fourth-order valence-electron chi connectivity index (χ4n) is 3.40. The van der Waals surface area contributed by atoms with Gasteiger partial charge in [-0.05, 0) is 18.2 Å². The van der Waals surface area contributed by atoms with E-state index >= 15 is 0 Å². The quantitative estimate of drug-likeness (QED) is 0.630. The molecule has 0 bridgehead atoms. The van der Waals surface area contributed by atoms with E-state index in [1.807, 2.05) is 24.3 Å². The van der Waals surface area contributed by atoms with Gasteiger partial charge < -0.3 is 23.7 Å². The molecule has 2 aliphatic rings. The molecule has 0 radical (unpaired) electrons. The minimum atomic E-state index is -0.433. The van der Waals surface area contributed by atoms with E-state index in [2.05, 4.69) is 0 Å². The molecule has 6 nitrogen and oxygen atoms in total. The van der Waals surface area contributed by atoms with Crippen LogP contribution in [0.25, 0.3) is 0 Å². The zero-order valence-electron chi connectivity index (χ0n) is 14.2. The highest BCUT2D eigenvalue weighted by Crippen LogP contribution is 2.55. The molecular formula is C19H18O6. The Morgan fingerprint density at radius 1 is 1.12 bits per heavy atom. The van der Waals surface area contributed by atoms with Gasteiger partial charge in [0, 0.05) is 24.1 Å². The molecule has 0 spiro atoms. The van der Waals surface area contributed by atoms with Crippen LogP contribution in [0.1, 0.15) is 30.1 Å². The molecular weight excluding hydrogens is 324 g/mol. The molecule has 2 aliphatic heterocycles. The fraction of sp³-hybridized carbons (Fsp3) is 0.316. The van der Waals surface area contributed by atoms with Gasteiger partial charge in [0.2, 0.25) is 5.75 Å². The third kappa shape index (κ3) is 2.45. The Balaban J connectivity index is 1.77. The largest absolute Gasteiger partial charge is 0.497 e. The number of hydrogen-bond donors (Lipinski definition) is 0. The minimum absolute atomic E-state index is 0.0759. The first-order chi connectivity index (χ1) is 12.1. The van der Waals surface area contributed by atoms with Gasteiger partial charge in [0.15, 0.2) is 11.5 Å². The molecule has 130 valence electrons. The molecule has 0 aliphatic carbocycles. The third-order valence-electron chi connectivity index (χ3n) is 4.53. The van der Waals surface area contributed by atoms with Crippen molar-refractivity contribution in [2.75, 3.05) is 20.8 Å². The van der Waals surface area contributed by atoms with Crippen LogP contribution in [0.4, 0.5) is 0 Å². The second-order valence-electron chi connectivity index (χ2n) is 5.97. The molecule has 2 atom stereocenters. The number of carbonyl (C=O) groups is 1. The second kappa shape index (κ2) is 5.88. The summed E-state index contributed by atoms with van der Waals surface area (Å²) >= 11 is 0. The van der Waals surface area contributed by atoms with Crippen LogP contribution in [0.5, 0.6) is 28.7 Å². The molecule has 6 heteroatoms. The van der Waals surface area contributed by atoms with Gasteiger partial charge in [0.25, 0.3) is 0 Å². The molecule has 0 saturated heterocycles. The van der Waals surface area contributed by atoms with Gasteiger partial charge in [-0.15, -0.1) is 0 Å². The van der Waals surface area contributed by atoms with Crippen LogP contribution in [-0.4, -0.2) is 26.8 Å². The molecule has 0 fully saturated rings. The first-order valence-electron chi connectivity index (χ1n) is 7.99. The maximum atomic E-state index is 11.5. The Kier molecular flexibility index (Phi) is 3.67. The predicted molar refractivity (Wildman–Crippen MR) is 88.9 cm³/mol. The maximum absolute atomic E-state index is 11.5. The Hall–Kier alpha value is -2.89. The van der Waals surface area contributed by atoms with Gasteiger partial charge >= 0.3 is 5.97 Å². The van der Waals surface area contributed by atoms with Gasteiger partial charge in [-0.2, -0.15) is 0 Å². The Morgan fingerprint density at radius 3 is 2.64 bits per heavy atom. The lowest BCUT2D eigenvalue weighted by Gasteiger charge is -2.29. The summed E-state index contributed by atoms with van der Waals surface area (Å²) in [6.07, 6.45) is -0.203. The summed E-state index contributed by atoms with van der Waals surface area (Å²) in [5.74, 6) is 2.41. The van der Waals surface area contributed by atoms with E-state index in [-0.39, 0.29) is 12.0 Å². The Bertz CT molecular complexity index is 844. The van der Waals surface area contributed by atoms with Crippen molar-refractivity contribution < 1.29 is 28.5 Å². The molecule has 0 amide bonds. The molecule has 25 heavy (non-hydrogen) atoms. The second-order valence-corrected chi connectivity index (χ2v) is 5.97. The molecule has 2 aromatic rings. The molecule has 0 aromatic heterocycles. The zero-order chi connectivity index (χ0) is 17.6. The van der Waals surface area contributed by atoms with Gasteiger partial charge in [0.1, 0.15) is 17.6 Å². The van der Waals surface area contributed by atoms with Gasteiger partial charge in [-0.25, -0.2) is 0 Å². The monoisotopic (exact) mass is 342 g/mol. The molecule has 0 N–H and O–H groups in total. The topological polar surface area (TPSA) is 63.2 Å².